The Hall–Kier alpha value is -1.56. The van der Waals surface area contributed by atoms with Crippen LogP contribution in [-0.2, 0) is 6.42 Å². The van der Waals surface area contributed by atoms with Gasteiger partial charge in [-0.2, -0.15) is 0 Å². The molecule has 0 N–H and O–H groups in total. The highest BCUT2D eigenvalue weighted by atomic mass is 14.2. The molecule has 0 aliphatic heterocycles. The summed E-state index contributed by atoms with van der Waals surface area (Å²) in [4.78, 5) is 0. The third kappa shape index (κ3) is 13.7. The lowest BCUT2D eigenvalue weighted by atomic mass is 9.87. The van der Waals surface area contributed by atoms with E-state index >= 15 is 0 Å². The lowest BCUT2D eigenvalue weighted by molar-refractivity contribution is 0.411. The van der Waals surface area contributed by atoms with Gasteiger partial charge in [0, 0.05) is 0 Å². The van der Waals surface area contributed by atoms with Crippen LogP contribution in [-0.4, -0.2) is 0 Å². The molecule has 0 heterocycles. The zero-order valence-electron chi connectivity index (χ0n) is 19.1. The maximum atomic E-state index is 3.96. The summed E-state index contributed by atoms with van der Waals surface area (Å²) in [5, 5.41) is 0. The molecule has 1 aromatic rings. The third-order valence-electron chi connectivity index (χ3n) is 3.96. The molecule has 26 heavy (non-hydrogen) atoms. The summed E-state index contributed by atoms with van der Waals surface area (Å²) in [6.07, 6.45) is 6.62. The van der Waals surface area contributed by atoms with Crippen LogP contribution < -0.4 is 0 Å². The molecule has 0 spiro atoms. The summed E-state index contributed by atoms with van der Waals surface area (Å²) in [6, 6.07) is 8.67. The van der Waals surface area contributed by atoms with Gasteiger partial charge in [-0.25, -0.2) is 0 Å². The Morgan fingerprint density at radius 1 is 1.04 bits per heavy atom. The van der Waals surface area contributed by atoms with Crippen LogP contribution in [0.1, 0.15) is 92.7 Å². The second-order valence-corrected chi connectivity index (χ2v) is 8.02. The molecule has 0 aliphatic rings. The molecular weight excluding hydrogens is 312 g/mol. The molecule has 0 unspecified atom stereocenters. The Morgan fingerprint density at radius 2 is 1.62 bits per heavy atom. The van der Waals surface area contributed by atoms with Crippen molar-refractivity contribution < 1.29 is 0 Å². The van der Waals surface area contributed by atoms with Gasteiger partial charge in [0.1, 0.15) is 0 Å². The number of rotatable bonds is 6. The first-order valence-electron chi connectivity index (χ1n) is 10.1. The maximum Gasteiger partial charge on any atom is -0.0142 e. The van der Waals surface area contributed by atoms with Gasteiger partial charge in [-0.15, -0.1) is 6.58 Å². The first-order valence-corrected chi connectivity index (χ1v) is 10.1. The molecule has 0 amide bonds. The standard InChI is InChI=1S/C14H20.C10H18.C2H6/c1-11(2)13-8-6-7-12(9-13)10-14(3,4)5;1-5-7-9(3)10(4)8-6-2;1-2/h6-9H,1,10H2,2-5H3;5H,1,6-8H2,2-4H3;1-2H3/b;10-9-;. The Kier molecular flexibility index (Phi) is 15.0. The predicted molar refractivity (Wildman–Crippen MR) is 124 cm³/mol. The van der Waals surface area contributed by atoms with Gasteiger partial charge in [0.25, 0.3) is 0 Å². The molecule has 0 bridgehead atoms. The van der Waals surface area contributed by atoms with Crippen LogP contribution in [0.4, 0.5) is 0 Å². The summed E-state index contributed by atoms with van der Waals surface area (Å²) in [6.45, 7) is 27.1. The van der Waals surface area contributed by atoms with Crippen LogP contribution >= 0.6 is 0 Å². The van der Waals surface area contributed by atoms with Crippen LogP contribution in [0, 0.1) is 5.41 Å². The SMILES string of the molecule is C=C(C)c1cccc(CC(C)(C)C)c1.C=CC/C(C)=C(/C)CCC.CC. The second-order valence-electron chi connectivity index (χ2n) is 8.02. The van der Waals surface area contributed by atoms with Gasteiger partial charge in [-0.3, -0.25) is 0 Å². The van der Waals surface area contributed by atoms with E-state index in [-0.39, 0.29) is 0 Å². The number of hydrogen-bond acceptors (Lipinski definition) is 0. The van der Waals surface area contributed by atoms with E-state index in [0.29, 0.717) is 5.41 Å². The van der Waals surface area contributed by atoms with Gasteiger partial charge in [-0.1, -0.05) is 102 Å². The Bertz CT molecular complexity index is 550. The molecule has 0 heteroatoms. The van der Waals surface area contributed by atoms with E-state index in [9.17, 15) is 0 Å². The van der Waals surface area contributed by atoms with E-state index in [1.165, 1.54) is 35.1 Å². The van der Waals surface area contributed by atoms with Crippen LogP contribution in [0.2, 0.25) is 0 Å². The van der Waals surface area contributed by atoms with Gasteiger partial charge in [0.15, 0.2) is 0 Å². The molecule has 148 valence electrons. The highest BCUT2D eigenvalue weighted by molar-refractivity contribution is 5.61. The van der Waals surface area contributed by atoms with E-state index < -0.39 is 0 Å². The Morgan fingerprint density at radius 3 is 2.04 bits per heavy atom. The first kappa shape index (κ1) is 26.7. The molecule has 1 rings (SSSR count). The fourth-order valence-corrected chi connectivity index (χ4v) is 2.54. The molecular formula is C26H44. The number of benzene rings is 1. The minimum absolute atomic E-state index is 0.355. The summed E-state index contributed by atoms with van der Waals surface area (Å²) in [5.41, 5.74) is 7.16. The zero-order chi connectivity index (χ0) is 20.8. The van der Waals surface area contributed by atoms with Crippen LogP contribution in [0.25, 0.3) is 5.57 Å². The highest BCUT2D eigenvalue weighted by Gasteiger charge is 2.11. The third-order valence-corrected chi connectivity index (χ3v) is 3.96. The molecule has 0 aromatic heterocycles. The monoisotopic (exact) mass is 356 g/mol. The van der Waals surface area contributed by atoms with Crippen molar-refractivity contribution in [1.82, 2.24) is 0 Å². The minimum Gasteiger partial charge on any atom is -0.103 e. The smallest absolute Gasteiger partial charge is 0.0142 e. The van der Waals surface area contributed by atoms with E-state index in [1.807, 2.05) is 19.9 Å². The van der Waals surface area contributed by atoms with Gasteiger partial charge < -0.3 is 0 Å². The van der Waals surface area contributed by atoms with Crippen LogP contribution in [0.15, 0.2) is 54.6 Å². The van der Waals surface area contributed by atoms with E-state index in [0.717, 1.165) is 18.4 Å². The lowest BCUT2D eigenvalue weighted by Crippen LogP contribution is -2.09. The molecule has 0 saturated carbocycles. The topological polar surface area (TPSA) is 0 Å². The van der Waals surface area contributed by atoms with Crippen LogP contribution in [0.3, 0.4) is 0 Å². The maximum absolute atomic E-state index is 3.96. The van der Waals surface area contributed by atoms with Crippen molar-refractivity contribution in [3.05, 3.63) is 65.8 Å². The molecule has 0 aliphatic carbocycles. The van der Waals surface area contributed by atoms with Crippen molar-refractivity contribution in [3.63, 3.8) is 0 Å². The second kappa shape index (κ2) is 14.6. The van der Waals surface area contributed by atoms with Crippen molar-refractivity contribution in [2.24, 2.45) is 5.41 Å². The van der Waals surface area contributed by atoms with Crippen molar-refractivity contribution in [2.45, 2.75) is 88.0 Å². The van der Waals surface area contributed by atoms with Gasteiger partial charge in [-0.05, 0) is 56.6 Å². The van der Waals surface area contributed by atoms with Gasteiger partial charge in [0.2, 0.25) is 0 Å². The summed E-state index contributed by atoms with van der Waals surface area (Å²) in [7, 11) is 0. The fourth-order valence-electron chi connectivity index (χ4n) is 2.54. The number of allylic oxidation sites excluding steroid dienone is 4. The molecule has 0 radical (unpaired) electrons. The predicted octanol–water partition coefficient (Wildman–Crippen LogP) is 9.03. The van der Waals surface area contributed by atoms with Gasteiger partial charge >= 0.3 is 0 Å². The van der Waals surface area contributed by atoms with Crippen molar-refractivity contribution in [3.8, 4) is 0 Å². The Balaban J connectivity index is 0. The molecule has 0 atom stereocenters. The normalized spacial score (nSPS) is 11.3. The highest BCUT2D eigenvalue weighted by Crippen LogP contribution is 2.22. The molecule has 1 aromatic carbocycles. The van der Waals surface area contributed by atoms with Crippen molar-refractivity contribution >= 4 is 5.57 Å². The average molecular weight is 357 g/mol. The van der Waals surface area contributed by atoms with Crippen molar-refractivity contribution in [2.75, 3.05) is 0 Å². The summed E-state index contributed by atoms with van der Waals surface area (Å²) >= 11 is 0. The lowest BCUT2D eigenvalue weighted by Gasteiger charge is -2.18. The first-order chi connectivity index (χ1) is 12.1. The van der Waals surface area contributed by atoms with Gasteiger partial charge in [0.05, 0.1) is 0 Å². The Labute approximate surface area is 165 Å². The summed E-state index contributed by atoms with van der Waals surface area (Å²) < 4.78 is 0. The van der Waals surface area contributed by atoms with E-state index in [1.54, 1.807) is 0 Å². The number of hydrogen-bond donors (Lipinski definition) is 0. The van der Waals surface area contributed by atoms with E-state index in [2.05, 4.69) is 85.9 Å². The minimum atomic E-state index is 0.355. The summed E-state index contributed by atoms with van der Waals surface area (Å²) in [5.74, 6) is 0. The average Bonchev–Trinajstić information content (AvgIpc) is 2.56. The molecule has 0 saturated heterocycles. The fraction of sp³-hybridized carbons (Fsp3) is 0.538. The zero-order valence-corrected chi connectivity index (χ0v) is 19.1. The van der Waals surface area contributed by atoms with E-state index in [4.69, 9.17) is 0 Å². The van der Waals surface area contributed by atoms with Crippen LogP contribution in [0.5, 0.6) is 0 Å². The molecule has 0 nitrogen and oxygen atoms in total. The quantitative estimate of drug-likeness (QED) is 0.446. The van der Waals surface area contributed by atoms with Crippen molar-refractivity contribution in [1.29, 1.82) is 0 Å². The molecule has 0 fully saturated rings. The largest absolute Gasteiger partial charge is 0.103 e.